The Kier molecular flexibility index (Phi) is 10.9. The minimum atomic E-state index is -0.878. The van der Waals surface area contributed by atoms with E-state index in [2.05, 4.69) is 33.8 Å². The fourth-order valence-corrected chi connectivity index (χ4v) is 6.06. The first-order chi connectivity index (χ1) is 20.0. The summed E-state index contributed by atoms with van der Waals surface area (Å²) in [7, 11) is 0. The number of nitrogens with zero attached hydrogens (tertiary/aromatic N) is 4. The second kappa shape index (κ2) is 13.9. The van der Waals surface area contributed by atoms with Gasteiger partial charge in [-0.1, -0.05) is 60.4 Å². The first-order valence-corrected chi connectivity index (χ1v) is 14.5. The molecular weight excluding hydrogens is 640 g/mol. The molecule has 0 atom stereocenters. The predicted molar refractivity (Wildman–Crippen MR) is 169 cm³/mol. The van der Waals surface area contributed by atoms with Crippen LogP contribution in [0.5, 0.6) is 0 Å². The number of carboxylic acid groups (broad SMARTS) is 2. The molecule has 0 aliphatic carbocycles. The summed E-state index contributed by atoms with van der Waals surface area (Å²) in [5.74, 6) is -1.76. The molecule has 0 aromatic carbocycles. The number of carboxylic acids is 2. The molecule has 0 amide bonds. The number of aliphatic carboxylic acids is 2. The fraction of sp³-hybridized carbons (Fsp3) is 0.353. The van der Waals surface area contributed by atoms with Gasteiger partial charge in [-0.3, -0.25) is 9.59 Å². The Morgan fingerprint density at radius 3 is 1.61 bits per heavy atom. The van der Waals surface area contributed by atoms with Crippen LogP contribution in [-0.2, 0) is 43.5 Å². The van der Waals surface area contributed by atoms with Gasteiger partial charge in [-0.15, -0.1) is 22.1 Å². The second-order valence-electron chi connectivity index (χ2n) is 11.0. The van der Waals surface area contributed by atoms with Crippen LogP contribution in [0.15, 0.2) is 24.3 Å². The first-order valence-electron chi connectivity index (χ1n) is 14.5. The van der Waals surface area contributed by atoms with Crippen LogP contribution in [-0.4, -0.2) is 37.6 Å². The van der Waals surface area contributed by atoms with Crippen molar-refractivity contribution >= 4 is 56.3 Å². The molecule has 0 unspecified atom stereocenters. The van der Waals surface area contributed by atoms with Crippen LogP contribution in [0.4, 0.5) is 0 Å². The van der Waals surface area contributed by atoms with Gasteiger partial charge in [0.05, 0.1) is 22.8 Å². The number of fused-ring (bicyclic) bond motifs is 8. The quantitative estimate of drug-likeness (QED) is 0.271. The van der Waals surface area contributed by atoms with Crippen molar-refractivity contribution in [3.63, 3.8) is 0 Å². The van der Waals surface area contributed by atoms with Gasteiger partial charge in [0.15, 0.2) is 0 Å². The molecule has 3 aromatic heterocycles. The molecule has 10 heteroatoms. The number of allylic oxidation sites excluding steroid dienone is 4. The summed E-state index contributed by atoms with van der Waals surface area (Å²) in [6.45, 7) is 12.3. The van der Waals surface area contributed by atoms with Gasteiger partial charge in [0.2, 0.25) is 0 Å². The molecule has 0 saturated heterocycles. The molecule has 0 fully saturated rings. The number of carbonyl (C=O) groups is 2. The normalized spacial score (nSPS) is 12.7. The van der Waals surface area contributed by atoms with E-state index in [1.165, 1.54) is 5.57 Å². The summed E-state index contributed by atoms with van der Waals surface area (Å²) in [6.07, 6.45) is 2.23. The molecule has 230 valence electrons. The van der Waals surface area contributed by atoms with Crippen LogP contribution in [0.1, 0.15) is 98.4 Å². The van der Waals surface area contributed by atoms with Gasteiger partial charge < -0.3 is 25.7 Å². The largest absolute Gasteiger partial charge is 2.00 e. The summed E-state index contributed by atoms with van der Waals surface area (Å²) in [5, 5.41) is 18.9. The molecule has 0 radical (unpaired) electrons. The van der Waals surface area contributed by atoms with E-state index in [1.807, 2.05) is 32.0 Å². The zero-order valence-electron chi connectivity index (χ0n) is 26.0. The average molecular weight is 679 g/mol. The van der Waals surface area contributed by atoms with E-state index in [4.69, 9.17) is 19.9 Å². The van der Waals surface area contributed by atoms with Gasteiger partial charge in [0.25, 0.3) is 0 Å². The van der Waals surface area contributed by atoms with Gasteiger partial charge in [0.1, 0.15) is 0 Å². The van der Waals surface area contributed by atoms with E-state index in [1.54, 1.807) is 0 Å². The van der Waals surface area contributed by atoms with Crippen LogP contribution in [0.25, 0.3) is 44.4 Å². The van der Waals surface area contributed by atoms with Crippen LogP contribution in [0.2, 0.25) is 0 Å². The van der Waals surface area contributed by atoms with Crippen LogP contribution < -0.4 is 9.97 Å². The average Bonchev–Trinajstić information content (AvgIpc) is 3.59. The number of aromatic nitrogens is 4. The van der Waals surface area contributed by atoms with Gasteiger partial charge in [-0.2, -0.15) is 0 Å². The van der Waals surface area contributed by atoms with Gasteiger partial charge in [-0.05, 0) is 75.7 Å². The Bertz CT molecular complexity index is 1860. The van der Waals surface area contributed by atoms with Crippen molar-refractivity contribution in [2.45, 2.75) is 80.1 Å². The Morgan fingerprint density at radius 2 is 1.07 bits per heavy atom. The van der Waals surface area contributed by atoms with Crippen molar-refractivity contribution in [3.05, 3.63) is 69.3 Å². The van der Waals surface area contributed by atoms with Gasteiger partial charge in [-0.25, -0.2) is 9.97 Å². The molecule has 9 nitrogen and oxygen atoms in total. The number of aryl methyl sites for hydroxylation is 4. The molecule has 44 heavy (non-hydrogen) atoms. The van der Waals surface area contributed by atoms with Crippen molar-refractivity contribution < 1.29 is 46.3 Å². The minimum Gasteiger partial charge on any atom is -0.657 e. The van der Waals surface area contributed by atoms with Crippen LogP contribution in [0, 0.1) is 13.8 Å². The summed E-state index contributed by atoms with van der Waals surface area (Å²) in [4.78, 5) is 43.1. The minimum absolute atomic E-state index is 0. The Labute approximate surface area is 271 Å². The number of rotatable bonds is 8. The smallest absolute Gasteiger partial charge is 0.657 e. The van der Waals surface area contributed by atoms with E-state index >= 15 is 0 Å². The molecule has 3 aromatic rings. The van der Waals surface area contributed by atoms with Crippen LogP contribution >= 0.6 is 0 Å². The topological polar surface area (TPSA) is 160 Å². The molecule has 0 saturated carbocycles. The van der Waals surface area contributed by atoms with Crippen molar-refractivity contribution in [1.82, 2.24) is 19.9 Å². The van der Waals surface area contributed by atoms with Crippen molar-refractivity contribution in [3.8, 4) is 0 Å². The van der Waals surface area contributed by atoms with E-state index in [-0.39, 0.29) is 39.4 Å². The molecule has 2 aliphatic rings. The van der Waals surface area contributed by atoms with E-state index in [9.17, 15) is 19.8 Å². The predicted octanol–water partition coefficient (Wildman–Crippen LogP) is 6.08. The van der Waals surface area contributed by atoms with Gasteiger partial charge >= 0.3 is 33.0 Å². The van der Waals surface area contributed by atoms with Crippen molar-refractivity contribution in [2.24, 2.45) is 0 Å². The third-order valence-corrected chi connectivity index (χ3v) is 8.53. The standard InChI is InChI=1S/C34H38N4O4.Mo.H2O/c1-7-21-17(3)25-13-26-19(5)23(9-11-33(39)40)31(37-26)16-32-24(10-12-34(41)42)20(6)28(38-32)15-30-22(8-2)18(4)27(36-30)14-29(21)35-25;;/h13-16H,7-12H2,1-6H3,(H4,35,36,37,38,39,40,41,42);;1H2/q;+2;/p-2. The van der Waals surface area contributed by atoms with Crippen molar-refractivity contribution in [1.29, 1.82) is 0 Å². The Morgan fingerprint density at radius 1 is 0.636 bits per heavy atom. The second-order valence-corrected chi connectivity index (χ2v) is 11.0. The van der Waals surface area contributed by atoms with Gasteiger partial charge in [0, 0.05) is 12.8 Å². The molecule has 8 bridgehead atoms. The summed E-state index contributed by atoms with van der Waals surface area (Å²) < 4.78 is 0. The fourth-order valence-electron chi connectivity index (χ4n) is 6.06. The SMILES string of the molecule is CCC1=C(C)c2cc3[n-]c(cc4nc(cc5[n-]c(cc1n2)c(C)c5CC)C(C)=C4CCC(=O)O)c(CCC(=O)O)c3C.O.[Mo+2]. The third-order valence-electron chi connectivity index (χ3n) is 8.53. The maximum absolute atomic E-state index is 11.5. The summed E-state index contributed by atoms with van der Waals surface area (Å²) >= 11 is 0. The number of hydrogen-bond donors (Lipinski definition) is 2. The molecular formula is C34H38MoN4O5. The molecule has 0 spiro atoms. The number of hydrogen-bond acceptors (Lipinski definition) is 4. The molecule has 5 rings (SSSR count). The van der Waals surface area contributed by atoms with E-state index in [0.29, 0.717) is 24.1 Å². The van der Waals surface area contributed by atoms with E-state index in [0.717, 1.165) is 85.4 Å². The monoisotopic (exact) mass is 680 g/mol. The molecule has 2 aliphatic heterocycles. The Balaban J connectivity index is 0.00000264. The third kappa shape index (κ3) is 6.49. The zero-order valence-corrected chi connectivity index (χ0v) is 28.0. The van der Waals surface area contributed by atoms with E-state index < -0.39 is 11.9 Å². The Hall–Kier alpha value is -3.81. The molecule has 5 heterocycles. The maximum atomic E-state index is 11.5. The summed E-state index contributed by atoms with van der Waals surface area (Å²) in [6, 6.07) is 7.93. The maximum Gasteiger partial charge on any atom is 2.00 e. The van der Waals surface area contributed by atoms with Crippen molar-refractivity contribution in [2.75, 3.05) is 0 Å². The first kappa shape index (κ1) is 34.7. The molecule has 4 N–H and O–H groups in total. The van der Waals surface area contributed by atoms with Crippen LogP contribution in [0.3, 0.4) is 0 Å². The zero-order chi connectivity index (χ0) is 30.3. The summed E-state index contributed by atoms with van der Waals surface area (Å²) in [5.41, 5.74) is 14.3.